The largest absolute Gasteiger partial charge is 0.331 e. The maximum absolute atomic E-state index is 13.5. The van der Waals surface area contributed by atoms with Crippen molar-refractivity contribution >= 4 is 33.4 Å². The summed E-state index contributed by atoms with van der Waals surface area (Å²) < 4.78 is 26.2. The molecule has 1 aliphatic heterocycles. The molecule has 1 amide bonds. The number of carbonyl (C=O) groups excluding carboxylic acids is 1. The van der Waals surface area contributed by atoms with Crippen molar-refractivity contribution in [3.63, 3.8) is 0 Å². The fraction of sp³-hybridized carbons (Fsp3) is 0.172. The molecule has 0 radical (unpaired) electrons. The van der Waals surface area contributed by atoms with Gasteiger partial charge < -0.3 is 4.90 Å². The van der Waals surface area contributed by atoms with Crippen LogP contribution < -0.4 is 0 Å². The highest BCUT2D eigenvalue weighted by Gasteiger charge is 2.34. The third-order valence-electron chi connectivity index (χ3n) is 6.45. The van der Waals surface area contributed by atoms with Crippen molar-refractivity contribution < 1.29 is 13.2 Å². The quantitative estimate of drug-likeness (QED) is 0.298. The molecular formula is C29H26ClN3O3S. The van der Waals surface area contributed by atoms with Gasteiger partial charge in [0.25, 0.3) is 0 Å². The second-order valence-electron chi connectivity index (χ2n) is 9.03. The lowest BCUT2D eigenvalue weighted by Gasteiger charge is -2.27. The van der Waals surface area contributed by atoms with Crippen molar-refractivity contribution in [1.29, 1.82) is 0 Å². The second-order valence-corrected chi connectivity index (χ2v) is 11.7. The number of hydrogen-bond acceptors (Lipinski definition) is 4. The fourth-order valence-corrected chi connectivity index (χ4v) is 6.44. The van der Waals surface area contributed by atoms with Crippen LogP contribution in [0.1, 0.15) is 17.5 Å². The van der Waals surface area contributed by atoms with Crippen molar-refractivity contribution in [3.05, 3.63) is 113 Å². The molecule has 8 heteroatoms. The van der Waals surface area contributed by atoms with Gasteiger partial charge in [-0.3, -0.25) is 4.79 Å². The van der Waals surface area contributed by atoms with Crippen molar-refractivity contribution in [2.75, 3.05) is 11.5 Å². The van der Waals surface area contributed by atoms with Crippen molar-refractivity contribution in [2.45, 2.75) is 19.0 Å². The van der Waals surface area contributed by atoms with Gasteiger partial charge in [-0.1, -0.05) is 78.3 Å². The molecule has 0 bridgehead atoms. The predicted octanol–water partition coefficient (Wildman–Crippen LogP) is 5.42. The molecule has 37 heavy (non-hydrogen) atoms. The Morgan fingerprint density at radius 1 is 1.00 bits per heavy atom. The Labute approximate surface area is 221 Å². The Bertz CT molecular complexity index is 1530. The number of nitrogens with zero attached hydrogens (tertiary/aromatic N) is 3. The molecule has 0 saturated carbocycles. The number of sulfone groups is 1. The van der Waals surface area contributed by atoms with Crippen LogP contribution in [-0.4, -0.2) is 46.6 Å². The van der Waals surface area contributed by atoms with Gasteiger partial charge in [-0.25, -0.2) is 13.1 Å². The lowest BCUT2D eigenvalue weighted by Crippen LogP contribution is -2.39. The van der Waals surface area contributed by atoms with Crippen molar-refractivity contribution in [1.82, 2.24) is 14.7 Å². The maximum Gasteiger partial charge on any atom is 0.247 e. The van der Waals surface area contributed by atoms with E-state index in [9.17, 15) is 13.2 Å². The van der Waals surface area contributed by atoms with E-state index in [-0.39, 0.29) is 24.0 Å². The predicted molar refractivity (Wildman–Crippen MR) is 147 cm³/mol. The highest BCUT2D eigenvalue weighted by Crippen LogP contribution is 2.27. The first-order valence-electron chi connectivity index (χ1n) is 12.0. The molecule has 6 nitrogen and oxygen atoms in total. The molecule has 1 unspecified atom stereocenters. The monoisotopic (exact) mass is 531 g/mol. The van der Waals surface area contributed by atoms with E-state index in [4.69, 9.17) is 16.7 Å². The summed E-state index contributed by atoms with van der Waals surface area (Å²) in [5, 5.41) is 5.34. The van der Waals surface area contributed by atoms with Gasteiger partial charge in [0.05, 0.1) is 22.9 Å². The van der Waals surface area contributed by atoms with Gasteiger partial charge in [0.15, 0.2) is 9.84 Å². The molecule has 0 N–H and O–H groups in total. The van der Waals surface area contributed by atoms with Crippen LogP contribution in [0, 0.1) is 0 Å². The lowest BCUT2D eigenvalue weighted by molar-refractivity contribution is -0.128. The SMILES string of the molecule is O=C(C=Cc1cn(-c2ccccc2)nc1-c1ccccc1)N(Cc1ccccc1Cl)C1CCS(=O)(=O)C1. The third-order valence-corrected chi connectivity index (χ3v) is 8.57. The Morgan fingerprint density at radius 3 is 2.35 bits per heavy atom. The highest BCUT2D eigenvalue weighted by atomic mass is 35.5. The van der Waals surface area contributed by atoms with Gasteiger partial charge in [-0.05, 0) is 36.3 Å². The Balaban J connectivity index is 1.48. The molecule has 2 heterocycles. The molecule has 0 spiro atoms. The van der Waals surface area contributed by atoms with Crippen LogP contribution in [-0.2, 0) is 21.2 Å². The summed E-state index contributed by atoms with van der Waals surface area (Å²) in [5.41, 5.74) is 4.13. The number of amides is 1. The van der Waals surface area contributed by atoms with Crippen LogP contribution in [0.5, 0.6) is 0 Å². The topological polar surface area (TPSA) is 72.3 Å². The molecule has 188 valence electrons. The van der Waals surface area contributed by atoms with Gasteiger partial charge in [-0.2, -0.15) is 5.10 Å². The molecule has 1 saturated heterocycles. The normalized spacial score (nSPS) is 16.7. The molecule has 4 aromatic rings. The second kappa shape index (κ2) is 10.7. The molecular weight excluding hydrogens is 506 g/mol. The van der Waals surface area contributed by atoms with Crippen LogP contribution in [0.25, 0.3) is 23.0 Å². The molecule has 1 aliphatic rings. The third kappa shape index (κ3) is 5.84. The molecule has 1 fully saturated rings. The Hall–Kier alpha value is -3.68. The van der Waals surface area contributed by atoms with Crippen molar-refractivity contribution in [3.8, 4) is 16.9 Å². The van der Waals surface area contributed by atoms with Gasteiger partial charge in [0.2, 0.25) is 5.91 Å². The molecule has 1 aromatic heterocycles. The van der Waals surface area contributed by atoms with E-state index in [0.29, 0.717) is 11.4 Å². The minimum absolute atomic E-state index is 0.0434. The minimum atomic E-state index is -3.18. The Morgan fingerprint density at radius 2 is 1.68 bits per heavy atom. The first-order chi connectivity index (χ1) is 17.9. The van der Waals surface area contributed by atoms with Crippen LogP contribution in [0.3, 0.4) is 0 Å². The van der Waals surface area contributed by atoms with Gasteiger partial charge in [-0.15, -0.1) is 0 Å². The number of aromatic nitrogens is 2. The van der Waals surface area contributed by atoms with E-state index in [2.05, 4.69) is 0 Å². The molecule has 3 aromatic carbocycles. The summed E-state index contributed by atoms with van der Waals surface area (Å²) in [6, 6.07) is 26.5. The molecule has 5 rings (SSSR count). The number of halogens is 1. The van der Waals surface area contributed by atoms with E-state index in [1.807, 2.05) is 85.1 Å². The zero-order valence-corrected chi connectivity index (χ0v) is 21.6. The van der Waals surface area contributed by atoms with Crippen LogP contribution >= 0.6 is 11.6 Å². The van der Waals surface area contributed by atoms with E-state index in [1.165, 1.54) is 6.08 Å². The van der Waals surface area contributed by atoms with Crippen LogP contribution in [0.2, 0.25) is 5.02 Å². The minimum Gasteiger partial charge on any atom is -0.331 e. The lowest BCUT2D eigenvalue weighted by atomic mass is 10.1. The van der Waals surface area contributed by atoms with Gasteiger partial charge in [0, 0.05) is 41.0 Å². The van der Waals surface area contributed by atoms with E-state index < -0.39 is 15.9 Å². The zero-order valence-electron chi connectivity index (χ0n) is 20.1. The van der Waals surface area contributed by atoms with E-state index >= 15 is 0 Å². The number of rotatable bonds is 7. The first-order valence-corrected chi connectivity index (χ1v) is 14.2. The summed E-state index contributed by atoms with van der Waals surface area (Å²) in [6.45, 7) is 0.234. The summed E-state index contributed by atoms with van der Waals surface area (Å²) in [7, 11) is -3.18. The first kappa shape index (κ1) is 25.0. The number of hydrogen-bond donors (Lipinski definition) is 0. The molecule has 0 aliphatic carbocycles. The standard InChI is InChI=1S/C29H26ClN3O3S/c30-27-14-8-7-11-23(27)19-32(26-17-18-37(35,36)21-26)28(34)16-15-24-20-33(25-12-5-2-6-13-25)31-29(24)22-9-3-1-4-10-22/h1-16,20,26H,17-19,21H2. The zero-order chi connectivity index (χ0) is 25.8. The number of carbonyl (C=O) groups is 1. The fourth-order valence-electron chi connectivity index (χ4n) is 4.52. The molecule has 1 atom stereocenters. The average molecular weight is 532 g/mol. The van der Waals surface area contributed by atoms with Gasteiger partial charge >= 0.3 is 0 Å². The van der Waals surface area contributed by atoms with Crippen LogP contribution in [0.4, 0.5) is 0 Å². The van der Waals surface area contributed by atoms with Gasteiger partial charge in [0.1, 0.15) is 0 Å². The Kier molecular flexibility index (Phi) is 7.26. The average Bonchev–Trinajstić information content (AvgIpc) is 3.51. The summed E-state index contributed by atoms with van der Waals surface area (Å²) in [5.74, 6) is -0.234. The van der Waals surface area contributed by atoms with Crippen molar-refractivity contribution in [2.24, 2.45) is 0 Å². The maximum atomic E-state index is 13.5. The highest BCUT2D eigenvalue weighted by molar-refractivity contribution is 7.91. The number of benzene rings is 3. The van der Waals surface area contributed by atoms with E-state index in [1.54, 1.807) is 21.7 Å². The van der Waals surface area contributed by atoms with E-state index in [0.717, 1.165) is 28.1 Å². The van der Waals surface area contributed by atoms with Crippen LogP contribution in [0.15, 0.2) is 97.2 Å². The summed E-state index contributed by atoms with van der Waals surface area (Å²) in [6.07, 6.45) is 5.55. The summed E-state index contributed by atoms with van der Waals surface area (Å²) >= 11 is 6.37. The number of para-hydroxylation sites is 1. The summed E-state index contributed by atoms with van der Waals surface area (Å²) in [4.78, 5) is 15.1. The smallest absolute Gasteiger partial charge is 0.247 e.